The number of aliphatic hydroxyl groups excluding tert-OH is 1. The Bertz CT molecular complexity index is 445. The maximum Gasteiger partial charge on any atom is 0.321 e. The Morgan fingerprint density at radius 2 is 2.26 bits per heavy atom. The molecule has 2 heterocycles. The summed E-state index contributed by atoms with van der Waals surface area (Å²) in [5.41, 5.74) is 0.520. The maximum absolute atomic E-state index is 12.1. The number of nitrogens with zero attached hydrogens (tertiary/aromatic N) is 2. The molecule has 5 nitrogen and oxygen atoms in total. The van der Waals surface area contributed by atoms with Crippen molar-refractivity contribution in [2.24, 2.45) is 5.92 Å². The van der Waals surface area contributed by atoms with Crippen molar-refractivity contribution < 1.29 is 9.90 Å². The van der Waals surface area contributed by atoms with Crippen molar-refractivity contribution >= 4 is 23.3 Å². The number of carbonyl (C=O) groups is 1. The molecule has 0 aliphatic carbocycles. The Hall–Kier alpha value is -1.33. The number of urea groups is 1. The van der Waals surface area contributed by atoms with Gasteiger partial charge in [0, 0.05) is 19.3 Å². The first-order chi connectivity index (χ1) is 9.08. The average molecular weight is 284 g/mol. The third-order valence-corrected chi connectivity index (χ3v) is 3.81. The van der Waals surface area contributed by atoms with Crippen molar-refractivity contribution in [3.63, 3.8) is 0 Å². The monoisotopic (exact) mass is 283 g/mol. The highest BCUT2D eigenvalue weighted by molar-refractivity contribution is 6.32. The van der Waals surface area contributed by atoms with E-state index in [1.807, 2.05) is 0 Å². The normalized spacial score (nSPS) is 18.2. The van der Waals surface area contributed by atoms with E-state index < -0.39 is 0 Å². The number of piperidine rings is 1. The number of pyridine rings is 1. The van der Waals surface area contributed by atoms with Gasteiger partial charge >= 0.3 is 6.03 Å². The van der Waals surface area contributed by atoms with E-state index in [2.05, 4.69) is 10.3 Å². The largest absolute Gasteiger partial charge is 0.393 e. The van der Waals surface area contributed by atoms with Gasteiger partial charge in [-0.25, -0.2) is 9.78 Å². The lowest BCUT2D eigenvalue weighted by Crippen LogP contribution is -2.42. The topological polar surface area (TPSA) is 65.5 Å². The van der Waals surface area contributed by atoms with Crippen LogP contribution in [0, 0.1) is 5.92 Å². The van der Waals surface area contributed by atoms with Crippen molar-refractivity contribution in [3.05, 3.63) is 23.5 Å². The van der Waals surface area contributed by atoms with E-state index in [9.17, 15) is 9.90 Å². The van der Waals surface area contributed by atoms with Crippen LogP contribution in [0.2, 0.25) is 5.15 Å². The Morgan fingerprint density at radius 3 is 2.84 bits per heavy atom. The molecule has 0 radical (unpaired) electrons. The van der Waals surface area contributed by atoms with Crippen LogP contribution in [0.4, 0.5) is 10.5 Å². The van der Waals surface area contributed by atoms with Gasteiger partial charge in [-0.2, -0.15) is 0 Å². The molecule has 0 aromatic carbocycles. The van der Waals surface area contributed by atoms with Crippen LogP contribution < -0.4 is 5.32 Å². The number of anilines is 1. The Labute approximate surface area is 117 Å². The molecule has 1 aliphatic heterocycles. The van der Waals surface area contributed by atoms with Crippen LogP contribution in [0.3, 0.4) is 0 Å². The van der Waals surface area contributed by atoms with Crippen LogP contribution in [-0.4, -0.2) is 40.2 Å². The predicted octanol–water partition coefficient (Wildman–Crippen LogP) is 2.36. The van der Waals surface area contributed by atoms with Gasteiger partial charge in [0.1, 0.15) is 0 Å². The van der Waals surface area contributed by atoms with E-state index in [1.54, 1.807) is 30.2 Å². The molecule has 1 aromatic rings. The molecule has 1 fully saturated rings. The van der Waals surface area contributed by atoms with E-state index in [4.69, 9.17) is 11.6 Å². The van der Waals surface area contributed by atoms with E-state index in [1.165, 1.54) is 0 Å². The van der Waals surface area contributed by atoms with Gasteiger partial charge in [0.2, 0.25) is 0 Å². The zero-order chi connectivity index (χ0) is 13.8. The molecule has 0 spiro atoms. The van der Waals surface area contributed by atoms with Crippen LogP contribution in [0.25, 0.3) is 0 Å². The summed E-state index contributed by atoms with van der Waals surface area (Å²) >= 11 is 5.89. The summed E-state index contributed by atoms with van der Waals surface area (Å²) in [5, 5.41) is 12.6. The van der Waals surface area contributed by atoms with Gasteiger partial charge in [0.15, 0.2) is 5.15 Å². The first-order valence-corrected chi connectivity index (χ1v) is 6.80. The molecule has 1 aliphatic rings. The molecule has 0 saturated carbocycles. The summed E-state index contributed by atoms with van der Waals surface area (Å²) < 4.78 is 0. The number of nitrogens with one attached hydrogen (secondary N) is 1. The molecule has 2 N–H and O–H groups in total. The van der Waals surface area contributed by atoms with Crippen molar-refractivity contribution in [1.82, 2.24) is 9.88 Å². The SMILES string of the molecule is CC(O)C1CCN(C(=O)Nc2cccnc2Cl)CC1. The fourth-order valence-corrected chi connectivity index (χ4v) is 2.43. The second kappa shape index (κ2) is 6.21. The van der Waals surface area contributed by atoms with E-state index in [-0.39, 0.29) is 23.2 Å². The number of hydrogen-bond acceptors (Lipinski definition) is 3. The van der Waals surface area contributed by atoms with Crippen LogP contribution in [0.15, 0.2) is 18.3 Å². The Kier molecular flexibility index (Phi) is 4.61. The molecule has 2 amide bonds. The van der Waals surface area contributed by atoms with E-state index >= 15 is 0 Å². The highest BCUT2D eigenvalue weighted by Crippen LogP contribution is 2.22. The molecule has 0 bridgehead atoms. The molecule has 19 heavy (non-hydrogen) atoms. The van der Waals surface area contributed by atoms with Gasteiger partial charge in [0.05, 0.1) is 11.8 Å². The Balaban J connectivity index is 1.90. The fraction of sp³-hybridized carbons (Fsp3) is 0.538. The number of aliphatic hydroxyl groups is 1. The molecule has 1 aromatic heterocycles. The third kappa shape index (κ3) is 3.58. The van der Waals surface area contributed by atoms with Gasteiger partial charge in [-0.05, 0) is 37.8 Å². The average Bonchev–Trinajstić information content (AvgIpc) is 2.41. The zero-order valence-corrected chi connectivity index (χ0v) is 11.6. The third-order valence-electron chi connectivity index (χ3n) is 3.51. The molecule has 6 heteroatoms. The summed E-state index contributed by atoms with van der Waals surface area (Å²) in [6.07, 6.45) is 2.92. The summed E-state index contributed by atoms with van der Waals surface area (Å²) in [5.74, 6) is 0.283. The molecule has 2 rings (SSSR count). The van der Waals surface area contributed by atoms with Gasteiger partial charge in [-0.1, -0.05) is 11.6 Å². The second-order valence-electron chi connectivity index (χ2n) is 4.84. The number of amides is 2. The summed E-state index contributed by atoms with van der Waals surface area (Å²) in [7, 11) is 0. The number of hydrogen-bond donors (Lipinski definition) is 2. The second-order valence-corrected chi connectivity index (χ2v) is 5.20. The van der Waals surface area contributed by atoms with Crippen LogP contribution in [-0.2, 0) is 0 Å². The predicted molar refractivity (Wildman–Crippen MR) is 74.2 cm³/mol. The van der Waals surface area contributed by atoms with Crippen LogP contribution in [0.5, 0.6) is 0 Å². The van der Waals surface area contributed by atoms with Crippen molar-refractivity contribution in [2.45, 2.75) is 25.9 Å². The molecular weight excluding hydrogens is 266 g/mol. The van der Waals surface area contributed by atoms with E-state index in [0.717, 1.165) is 12.8 Å². The van der Waals surface area contributed by atoms with Gasteiger partial charge in [-0.3, -0.25) is 0 Å². The van der Waals surface area contributed by atoms with E-state index in [0.29, 0.717) is 18.8 Å². The lowest BCUT2D eigenvalue weighted by atomic mass is 9.92. The minimum absolute atomic E-state index is 0.168. The smallest absolute Gasteiger partial charge is 0.321 e. The van der Waals surface area contributed by atoms with Crippen LogP contribution >= 0.6 is 11.6 Å². The fourth-order valence-electron chi connectivity index (χ4n) is 2.26. The summed E-state index contributed by atoms with van der Waals surface area (Å²) in [6, 6.07) is 3.27. The highest BCUT2D eigenvalue weighted by Gasteiger charge is 2.25. The van der Waals surface area contributed by atoms with Crippen LogP contribution in [0.1, 0.15) is 19.8 Å². The molecule has 1 atom stereocenters. The first-order valence-electron chi connectivity index (χ1n) is 6.42. The first kappa shape index (κ1) is 14.1. The minimum atomic E-state index is -0.307. The highest BCUT2D eigenvalue weighted by atomic mass is 35.5. The number of rotatable bonds is 2. The number of aromatic nitrogens is 1. The summed E-state index contributed by atoms with van der Waals surface area (Å²) in [4.78, 5) is 17.7. The summed E-state index contributed by atoms with van der Waals surface area (Å²) in [6.45, 7) is 3.11. The lowest BCUT2D eigenvalue weighted by molar-refractivity contribution is 0.0820. The molecule has 1 unspecified atom stereocenters. The van der Waals surface area contributed by atoms with Gasteiger partial charge < -0.3 is 15.3 Å². The van der Waals surface area contributed by atoms with Crippen molar-refractivity contribution in [1.29, 1.82) is 0 Å². The quantitative estimate of drug-likeness (QED) is 0.819. The Morgan fingerprint density at radius 1 is 1.58 bits per heavy atom. The number of carbonyl (C=O) groups excluding carboxylic acids is 1. The zero-order valence-electron chi connectivity index (χ0n) is 10.8. The van der Waals surface area contributed by atoms with Crippen molar-refractivity contribution in [3.8, 4) is 0 Å². The number of likely N-dealkylation sites (tertiary alicyclic amines) is 1. The molecule has 104 valence electrons. The standard InChI is InChI=1S/C13H18ClN3O2/c1-9(18)10-4-7-17(8-5-10)13(19)16-11-3-2-6-15-12(11)14/h2-3,6,9-10,18H,4-5,7-8H2,1H3,(H,16,19). The van der Waals surface area contributed by atoms with Gasteiger partial charge in [-0.15, -0.1) is 0 Å². The van der Waals surface area contributed by atoms with Gasteiger partial charge in [0.25, 0.3) is 0 Å². The molecular formula is C13H18ClN3O2. The maximum atomic E-state index is 12.1. The minimum Gasteiger partial charge on any atom is -0.393 e. The van der Waals surface area contributed by atoms with Crippen molar-refractivity contribution in [2.75, 3.05) is 18.4 Å². The number of halogens is 1. The molecule has 1 saturated heterocycles. The lowest BCUT2D eigenvalue weighted by Gasteiger charge is -2.33.